The Labute approximate surface area is 303 Å². The number of carboxylic acids is 1. The van der Waals surface area contributed by atoms with E-state index in [1.165, 1.54) is 36.9 Å². The first-order chi connectivity index (χ1) is 23.1. The van der Waals surface area contributed by atoms with Crippen molar-refractivity contribution < 1.29 is 43.3 Å². The molecule has 0 bridgehead atoms. The highest BCUT2D eigenvalue weighted by Crippen LogP contribution is 2.32. The van der Waals surface area contributed by atoms with E-state index in [4.69, 9.17) is 14.6 Å². The number of ether oxygens (including phenoxy) is 2. The third-order valence-electron chi connectivity index (χ3n) is 7.97. The van der Waals surface area contributed by atoms with Crippen LogP contribution in [0.5, 0.6) is 0 Å². The van der Waals surface area contributed by atoms with Gasteiger partial charge in [-0.25, -0.2) is 9.59 Å². The van der Waals surface area contributed by atoms with Gasteiger partial charge in [-0.1, -0.05) is 71.0 Å². The van der Waals surface area contributed by atoms with Gasteiger partial charge in [0.25, 0.3) is 0 Å². The molecule has 3 N–H and O–H groups in total. The van der Waals surface area contributed by atoms with E-state index in [-0.39, 0.29) is 25.0 Å². The molecule has 0 aromatic heterocycles. The van der Waals surface area contributed by atoms with Gasteiger partial charge < -0.3 is 30.1 Å². The lowest BCUT2D eigenvalue weighted by Gasteiger charge is -2.42. The van der Waals surface area contributed by atoms with Gasteiger partial charge in [0, 0.05) is 38.0 Å². The van der Waals surface area contributed by atoms with E-state index < -0.39 is 75.9 Å². The number of carboxylic acid groups (broad SMARTS) is 1. The molecular formula is C38H60N4O9. The predicted molar refractivity (Wildman–Crippen MR) is 195 cm³/mol. The summed E-state index contributed by atoms with van der Waals surface area (Å²) in [4.78, 5) is 81.1. The highest BCUT2D eigenvalue weighted by atomic mass is 16.6. The molecule has 3 atom stereocenters. The number of nitrogens with one attached hydrogen (secondary N) is 2. The van der Waals surface area contributed by atoms with E-state index in [1.54, 1.807) is 62.3 Å². The summed E-state index contributed by atoms with van der Waals surface area (Å²) in [5.74, 6) is -3.51. The standard InChI is InChI=1S/C38H60N4O9/c1-24(30(45)39-26(20-21-27(43)44)33(48)50-36(5,6)7)22-23-41(13)32(47)28(35(2,3)4)40-31(46)29(42(14)34(49)51-37(8,9)10)38(11,12)25-18-16-15-17-19-25/h15-19,22,26,28-29H,20-21,23H2,1-14H3,(H,39,45)(H,40,46)(H,43,44)/b24-22+/t26-,28?,29-/m1/s1. The molecule has 1 aromatic carbocycles. The van der Waals surface area contributed by atoms with Gasteiger partial charge >= 0.3 is 18.0 Å². The Bertz CT molecular complexity index is 1430. The van der Waals surface area contributed by atoms with Crippen LogP contribution >= 0.6 is 0 Å². The fourth-order valence-electron chi connectivity index (χ4n) is 5.16. The molecule has 0 aliphatic rings. The molecule has 0 saturated carbocycles. The van der Waals surface area contributed by atoms with Crippen molar-refractivity contribution in [2.24, 2.45) is 5.41 Å². The average molecular weight is 717 g/mol. The lowest BCUT2D eigenvalue weighted by atomic mass is 9.76. The van der Waals surface area contributed by atoms with Gasteiger partial charge in [-0.15, -0.1) is 0 Å². The molecule has 286 valence electrons. The Morgan fingerprint density at radius 1 is 0.824 bits per heavy atom. The molecule has 4 amide bonds. The zero-order chi connectivity index (χ0) is 39.7. The molecule has 1 unspecified atom stereocenters. The molecule has 13 nitrogen and oxygen atoms in total. The molecule has 13 heteroatoms. The zero-order valence-corrected chi connectivity index (χ0v) is 32.9. The number of likely N-dealkylation sites (N-methyl/N-ethyl adjacent to an activating group) is 2. The van der Waals surface area contributed by atoms with Crippen LogP contribution in [-0.2, 0) is 38.9 Å². The summed E-state index contributed by atoms with van der Waals surface area (Å²) in [6.45, 7) is 20.8. The van der Waals surface area contributed by atoms with Crippen molar-refractivity contribution in [2.75, 3.05) is 20.6 Å². The van der Waals surface area contributed by atoms with Crippen molar-refractivity contribution in [3.05, 3.63) is 47.5 Å². The maximum atomic E-state index is 14.3. The van der Waals surface area contributed by atoms with Gasteiger partial charge in [-0.3, -0.25) is 24.1 Å². The van der Waals surface area contributed by atoms with Crippen LogP contribution in [0.4, 0.5) is 4.79 Å². The van der Waals surface area contributed by atoms with E-state index in [9.17, 15) is 28.8 Å². The van der Waals surface area contributed by atoms with Gasteiger partial charge in [-0.2, -0.15) is 0 Å². The highest BCUT2D eigenvalue weighted by molar-refractivity contribution is 5.96. The van der Waals surface area contributed by atoms with Gasteiger partial charge in [0.05, 0.1) is 0 Å². The van der Waals surface area contributed by atoms with Crippen molar-refractivity contribution in [1.82, 2.24) is 20.4 Å². The molecule has 0 spiro atoms. The SMILES string of the molecule is C/C(=C\CN(C)C(=O)C(NC(=O)[C@@H](N(C)C(=O)OC(C)(C)C)C(C)(C)c1ccccc1)C(C)(C)C)C(=O)N[C@H](CCC(=O)O)C(=O)OC(C)(C)C. The normalized spacial score (nSPS) is 14.4. The van der Waals surface area contributed by atoms with Crippen LogP contribution in [0.15, 0.2) is 42.0 Å². The van der Waals surface area contributed by atoms with Crippen LogP contribution in [0.1, 0.15) is 101 Å². The van der Waals surface area contributed by atoms with Crippen molar-refractivity contribution in [3.63, 3.8) is 0 Å². The summed E-state index contributed by atoms with van der Waals surface area (Å²) >= 11 is 0. The lowest BCUT2D eigenvalue weighted by molar-refractivity contribution is -0.158. The fourth-order valence-corrected chi connectivity index (χ4v) is 5.16. The molecule has 0 heterocycles. The number of amides is 4. The third-order valence-corrected chi connectivity index (χ3v) is 7.97. The quantitative estimate of drug-likeness (QED) is 0.180. The van der Waals surface area contributed by atoms with Crippen molar-refractivity contribution >= 4 is 35.8 Å². The summed E-state index contributed by atoms with van der Waals surface area (Å²) in [6.07, 6.45) is 0.273. The van der Waals surface area contributed by atoms with Crippen LogP contribution in [0.3, 0.4) is 0 Å². The molecule has 1 rings (SSSR count). The minimum atomic E-state index is -1.19. The number of esters is 1. The van der Waals surface area contributed by atoms with Crippen molar-refractivity contribution in [1.29, 1.82) is 0 Å². The highest BCUT2D eigenvalue weighted by Gasteiger charge is 2.45. The summed E-state index contributed by atoms with van der Waals surface area (Å²) in [5, 5.41) is 14.6. The Morgan fingerprint density at radius 2 is 1.35 bits per heavy atom. The molecule has 51 heavy (non-hydrogen) atoms. The van der Waals surface area contributed by atoms with Crippen LogP contribution in [-0.4, -0.2) is 101 Å². The van der Waals surface area contributed by atoms with Gasteiger partial charge in [0.2, 0.25) is 17.7 Å². The second-order valence-corrected chi connectivity index (χ2v) is 16.5. The number of aliphatic carboxylic acids is 1. The van der Waals surface area contributed by atoms with Crippen molar-refractivity contribution in [3.8, 4) is 0 Å². The molecule has 1 aromatic rings. The Balaban J connectivity index is 3.32. The predicted octanol–water partition coefficient (Wildman–Crippen LogP) is 4.83. The maximum Gasteiger partial charge on any atom is 0.410 e. The van der Waals surface area contributed by atoms with E-state index in [0.717, 1.165) is 5.56 Å². The maximum absolute atomic E-state index is 14.3. The largest absolute Gasteiger partial charge is 0.481 e. The van der Waals surface area contributed by atoms with Gasteiger partial charge in [0.1, 0.15) is 29.3 Å². The molecule has 0 saturated heterocycles. The number of carbonyl (C=O) groups excluding carboxylic acids is 5. The van der Waals surface area contributed by atoms with Crippen LogP contribution < -0.4 is 10.6 Å². The summed E-state index contributed by atoms with van der Waals surface area (Å²) in [6, 6.07) is 5.98. The van der Waals surface area contributed by atoms with E-state index >= 15 is 0 Å². The first kappa shape index (κ1) is 44.6. The van der Waals surface area contributed by atoms with Gasteiger partial charge in [-0.05, 0) is 65.9 Å². The summed E-state index contributed by atoms with van der Waals surface area (Å²) in [5.41, 5.74) is -2.37. The van der Waals surface area contributed by atoms with Gasteiger partial charge in [0.15, 0.2) is 0 Å². The number of carbonyl (C=O) groups is 6. The Kier molecular flexibility index (Phi) is 15.5. The zero-order valence-electron chi connectivity index (χ0n) is 32.9. The molecule has 0 aliphatic carbocycles. The summed E-state index contributed by atoms with van der Waals surface area (Å²) < 4.78 is 11.0. The lowest BCUT2D eigenvalue weighted by Crippen LogP contribution is -2.62. The van der Waals surface area contributed by atoms with E-state index in [0.29, 0.717) is 0 Å². The Hall–Kier alpha value is -4.42. The number of nitrogens with zero attached hydrogens (tertiary/aromatic N) is 2. The van der Waals surface area contributed by atoms with E-state index in [1.807, 2.05) is 44.2 Å². The first-order valence-corrected chi connectivity index (χ1v) is 17.1. The number of rotatable bonds is 14. The monoisotopic (exact) mass is 716 g/mol. The Morgan fingerprint density at radius 3 is 1.82 bits per heavy atom. The number of hydrogen-bond acceptors (Lipinski definition) is 8. The smallest absolute Gasteiger partial charge is 0.410 e. The van der Waals surface area contributed by atoms with Crippen LogP contribution in [0.2, 0.25) is 0 Å². The summed E-state index contributed by atoms with van der Waals surface area (Å²) in [7, 11) is 3.03. The second kappa shape index (κ2) is 17.7. The molecule has 0 aliphatic heterocycles. The molecular weight excluding hydrogens is 656 g/mol. The van der Waals surface area contributed by atoms with E-state index in [2.05, 4.69) is 10.6 Å². The van der Waals surface area contributed by atoms with Crippen LogP contribution in [0.25, 0.3) is 0 Å². The second-order valence-electron chi connectivity index (χ2n) is 16.5. The topological polar surface area (TPSA) is 172 Å². The minimum absolute atomic E-state index is 0.0243. The van der Waals surface area contributed by atoms with Crippen molar-refractivity contribution in [2.45, 2.75) is 131 Å². The molecule has 0 radical (unpaired) electrons. The number of hydrogen-bond donors (Lipinski definition) is 3. The van der Waals surface area contributed by atoms with Crippen LogP contribution in [0, 0.1) is 5.41 Å². The third kappa shape index (κ3) is 14.4. The minimum Gasteiger partial charge on any atom is -0.481 e. The molecule has 0 fully saturated rings. The first-order valence-electron chi connectivity index (χ1n) is 17.1. The fraction of sp³-hybridized carbons (Fsp3) is 0.632. The average Bonchev–Trinajstić information content (AvgIpc) is 2.97. The number of benzene rings is 1.